The third-order valence-electron chi connectivity index (χ3n) is 4.72. The number of aryl methyl sites for hydroxylation is 1. The van der Waals surface area contributed by atoms with Gasteiger partial charge in [-0.05, 0) is 37.3 Å². The molecule has 0 N–H and O–H groups in total. The van der Waals surface area contributed by atoms with E-state index in [4.69, 9.17) is 4.74 Å². The molecule has 4 heterocycles. The molecule has 26 heavy (non-hydrogen) atoms. The molecule has 0 saturated heterocycles. The first-order valence-corrected chi connectivity index (χ1v) is 8.60. The van der Waals surface area contributed by atoms with Gasteiger partial charge in [-0.3, -0.25) is 14.6 Å². The lowest BCUT2D eigenvalue weighted by atomic mass is 10.2. The maximum atomic E-state index is 11.7. The number of carbonyl (C=O) groups excluding carboxylic acids is 1. The number of nitrogens with zero attached hydrogens (tertiary/aromatic N) is 5. The van der Waals surface area contributed by atoms with Gasteiger partial charge in [-0.25, -0.2) is 4.79 Å². The van der Waals surface area contributed by atoms with E-state index in [-0.39, 0.29) is 5.97 Å². The Bertz CT molecular complexity index is 929. The molecule has 7 heteroatoms. The predicted octanol–water partition coefficient (Wildman–Crippen LogP) is 2.18. The number of carbonyl (C=O) groups is 1. The summed E-state index contributed by atoms with van der Waals surface area (Å²) in [6, 6.07) is 10.1. The van der Waals surface area contributed by atoms with Crippen molar-refractivity contribution in [1.82, 2.24) is 24.2 Å². The maximum Gasteiger partial charge on any atom is 0.358 e. The van der Waals surface area contributed by atoms with E-state index in [0.29, 0.717) is 5.69 Å². The van der Waals surface area contributed by atoms with Crippen LogP contribution in [0.1, 0.15) is 27.6 Å². The standard InChI is InChI=1S/C19H21N5O2/c1-14-5-6-16(24(14)15-4-3-7-20-11-15)12-22-8-9-23-17(13-22)10-18(21-23)19(25)26-2/h3-7,10-11H,8-9,12-13H2,1-2H3. The van der Waals surface area contributed by atoms with Crippen LogP contribution < -0.4 is 0 Å². The lowest BCUT2D eigenvalue weighted by molar-refractivity contribution is 0.0593. The molecule has 0 aliphatic carbocycles. The SMILES string of the molecule is COC(=O)c1cc2n(n1)CCN(Cc1ccc(C)n1-c1cccnc1)C2. The molecule has 0 saturated carbocycles. The summed E-state index contributed by atoms with van der Waals surface area (Å²) in [6.07, 6.45) is 3.66. The van der Waals surface area contributed by atoms with Crippen LogP contribution >= 0.6 is 0 Å². The molecule has 1 aliphatic heterocycles. The first kappa shape index (κ1) is 16.5. The van der Waals surface area contributed by atoms with E-state index in [1.807, 2.05) is 23.0 Å². The highest BCUT2D eigenvalue weighted by Gasteiger charge is 2.22. The Morgan fingerprint density at radius 3 is 2.92 bits per heavy atom. The number of fused-ring (bicyclic) bond motifs is 1. The van der Waals surface area contributed by atoms with Gasteiger partial charge in [0.25, 0.3) is 0 Å². The van der Waals surface area contributed by atoms with Crippen molar-refractivity contribution in [2.75, 3.05) is 13.7 Å². The monoisotopic (exact) mass is 351 g/mol. The van der Waals surface area contributed by atoms with Crippen LogP contribution in [0.3, 0.4) is 0 Å². The lowest BCUT2D eigenvalue weighted by Crippen LogP contribution is -2.34. The summed E-state index contributed by atoms with van der Waals surface area (Å²) in [6.45, 7) is 5.32. The molecule has 0 radical (unpaired) electrons. The second-order valence-electron chi connectivity index (χ2n) is 6.46. The van der Waals surface area contributed by atoms with Gasteiger partial charge in [0, 0.05) is 37.2 Å². The van der Waals surface area contributed by atoms with Gasteiger partial charge in [0.2, 0.25) is 0 Å². The molecule has 3 aromatic rings. The minimum atomic E-state index is -0.389. The van der Waals surface area contributed by atoms with Gasteiger partial charge >= 0.3 is 5.97 Å². The number of hydrogen-bond acceptors (Lipinski definition) is 5. The topological polar surface area (TPSA) is 65.2 Å². The summed E-state index contributed by atoms with van der Waals surface area (Å²) < 4.78 is 8.90. The summed E-state index contributed by atoms with van der Waals surface area (Å²) in [7, 11) is 1.38. The molecule has 4 rings (SSSR count). The predicted molar refractivity (Wildman–Crippen MR) is 96.0 cm³/mol. The average Bonchev–Trinajstić information content (AvgIpc) is 3.25. The van der Waals surface area contributed by atoms with Crippen molar-refractivity contribution >= 4 is 5.97 Å². The van der Waals surface area contributed by atoms with Gasteiger partial charge in [-0.15, -0.1) is 0 Å². The Kier molecular flexibility index (Phi) is 4.30. The fourth-order valence-electron chi connectivity index (χ4n) is 3.46. The van der Waals surface area contributed by atoms with Crippen LogP contribution in [0.25, 0.3) is 5.69 Å². The van der Waals surface area contributed by atoms with Crippen molar-refractivity contribution in [3.05, 3.63) is 65.5 Å². The zero-order valence-corrected chi connectivity index (χ0v) is 14.9. The van der Waals surface area contributed by atoms with E-state index in [9.17, 15) is 4.79 Å². The summed E-state index contributed by atoms with van der Waals surface area (Å²) in [5, 5.41) is 4.33. The highest BCUT2D eigenvalue weighted by Crippen LogP contribution is 2.21. The van der Waals surface area contributed by atoms with Gasteiger partial charge < -0.3 is 9.30 Å². The van der Waals surface area contributed by atoms with Crippen molar-refractivity contribution < 1.29 is 9.53 Å². The van der Waals surface area contributed by atoms with Gasteiger partial charge in [0.05, 0.1) is 31.2 Å². The number of aromatic nitrogens is 4. The smallest absolute Gasteiger partial charge is 0.358 e. The number of pyridine rings is 1. The molecule has 0 atom stereocenters. The summed E-state index contributed by atoms with van der Waals surface area (Å²) in [5.74, 6) is -0.389. The van der Waals surface area contributed by atoms with Crippen molar-refractivity contribution in [3.63, 3.8) is 0 Å². The van der Waals surface area contributed by atoms with Crippen LogP contribution in [0.5, 0.6) is 0 Å². The van der Waals surface area contributed by atoms with Gasteiger partial charge in [0.15, 0.2) is 5.69 Å². The minimum absolute atomic E-state index is 0.374. The van der Waals surface area contributed by atoms with Crippen LogP contribution in [0.15, 0.2) is 42.7 Å². The first-order chi connectivity index (χ1) is 12.7. The molecular weight excluding hydrogens is 330 g/mol. The molecule has 0 amide bonds. The summed E-state index contributed by atoms with van der Waals surface area (Å²) in [4.78, 5) is 18.3. The second kappa shape index (κ2) is 6.76. The number of methoxy groups -OCH3 is 1. The molecule has 3 aromatic heterocycles. The Hall–Kier alpha value is -2.93. The average molecular weight is 351 g/mol. The Morgan fingerprint density at radius 2 is 2.15 bits per heavy atom. The molecule has 0 spiro atoms. The zero-order chi connectivity index (χ0) is 18.1. The van der Waals surface area contributed by atoms with Crippen molar-refractivity contribution in [2.24, 2.45) is 0 Å². The van der Waals surface area contributed by atoms with E-state index >= 15 is 0 Å². The van der Waals surface area contributed by atoms with Gasteiger partial charge in [-0.2, -0.15) is 5.10 Å². The van der Waals surface area contributed by atoms with E-state index in [2.05, 4.69) is 44.7 Å². The number of hydrogen-bond donors (Lipinski definition) is 0. The Balaban J connectivity index is 1.55. The van der Waals surface area contributed by atoms with Crippen molar-refractivity contribution in [2.45, 2.75) is 26.6 Å². The summed E-state index contributed by atoms with van der Waals surface area (Å²) in [5.41, 5.74) is 4.88. The van der Waals surface area contributed by atoms with Crippen molar-refractivity contribution in [3.8, 4) is 5.69 Å². The van der Waals surface area contributed by atoms with Crippen LogP contribution in [0, 0.1) is 6.92 Å². The molecule has 134 valence electrons. The highest BCUT2D eigenvalue weighted by molar-refractivity contribution is 5.87. The maximum absolute atomic E-state index is 11.7. The van der Waals surface area contributed by atoms with Crippen LogP contribution in [-0.2, 0) is 24.4 Å². The molecule has 0 unspecified atom stereocenters. The minimum Gasteiger partial charge on any atom is -0.464 e. The number of ether oxygens (including phenoxy) is 1. The number of rotatable bonds is 4. The third kappa shape index (κ3) is 3.01. The molecule has 0 fully saturated rings. The third-order valence-corrected chi connectivity index (χ3v) is 4.72. The molecule has 7 nitrogen and oxygen atoms in total. The van der Waals surface area contributed by atoms with Crippen LogP contribution in [-0.4, -0.2) is 43.9 Å². The van der Waals surface area contributed by atoms with E-state index in [1.54, 1.807) is 6.20 Å². The zero-order valence-electron chi connectivity index (χ0n) is 14.9. The fourth-order valence-corrected chi connectivity index (χ4v) is 3.46. The largest absolute Gasteiger partial charge is 0.464 e. The van der Waals surface area contributed by atoms with Crippen LogP contribution in [0.2, 0.25) is 0 Å². The highest BCUT2D eigenvalue weighted by atomic mass is 16.5. The fraction of sp³-hybridized carbons (Fsp3) is 0.316. The van der Waals surface area contributed by atoms with Crippen LogP contribution in [0.4, 0.5) is 0 Å². The number of esters is 1. The lowest BCUT2D eigenvalue weighted by Gasteiger charge is -2.28. The molecule has 1 aliphatic rings. The van der Waals surface area contributed by atoms with Gasteiger partial charge in [-0.1, -0.05) is 0 Å². The van der Waals surface area contributed by atoms with E-state index in [1.165, 1.54) is 18.5 Å². The van der Waals surface area contributed by atoms with E-state index in [0.717, 1.165) is 37.6 Å². The normalized spacial score (nSPS) is 14.2. The molecular formula is C19H21N5O2. The summed E-state index contributed by atoms with van der Waals surface area (Å²) >= 11 is 0. The Labute approximate surface area is 151 Å². The Morgan fingerprint density at radius 1 is 1.27 bits per heavy atom. The van der Waals surface area contributed by atoms with Crippen molar-refractivity contribution in [1.29, 1.82) is 0 Å². The van der Waals surface area contributed by atoms with E-state index < -0.39 is 0 Å². The molecule has 0 aromatic carbocycles. The van der Waals surface area contributed by atoms with Gasteiger partial charge in [0.1, 0.15) is 0 Å². The quantitative estimate of drug-likeness (QED) is 0.674. The molecule has 0 bridgehead atoms. The second-order valence-corrected chi connectivity index (χ2v) is 6.46. The first-order valence-electron chi connectivity index (χ1n) is 8.60.